The molecule has 0 heterocycles. The van der Waals surface area contributed by atoms with Crippen molar-refractivity contribution in [1.29, 1.82) is 0 Å². The van der Waals surface area contributed by atoms with Crippen LogP contribution in [0.5, 0.6) is 0 Å². The van der Waals surface area contributed by atoms with E-state index in [0.29, 0.717) is 18.4 Å². The third-order valence-electron chi connectivity index (χ3n) is 2.92. The van der Waals surface area contributed by atoms with E-state index in [1.165, 1.54) is 0 Å². The Balaban J connectivity index is 3.65. The van der Waals surface area contributed by atoms with Gasteiger partial charge in [-0.3, -0.25) is 9.59 Å². The van der Waals surface area contributed by atoms with Crippen molar-refractivity contribution in [3.8, 4) is 0 Å². The van der Waals surface area contributed by atoms with Crippen molar-refractivity contribution in [3.05, 3.63) is 0 Å². The van der Waals surface area contributed by atoms with Crippen LogP contribution in [0.15, 0.2) is 0 Å². The number of ketones is 1. The second-order valence-corrected chi connectivity index (χ2v) is 5.79. The molecule has 2 atom stereocenters. The molecule has 0 aliphatic carbocycles. The van der Waals surface area contributed by atoms with Crippen molar-refractivity contribution in [3.63, 3.8) is 0 Å². The second-order valence-electron chi connectivity index (χ2n) is 5.23. The van der Waals surface area contributed by atoms with E-state index >= 15 is 0 Å². The van der Waals surface area contributed by atoms with E-state index in [4.69, 9.17) is 4.74 Å². The van der Waals surface area contributed by atoms with Crippen molar-refractivity contribution in [2.45, 2.75) is 59.1 Å². The number of hydrogen-bond donors (Lipinski definition) is 1. The number of rotatable bonds is 10. The molecule has 0 spiro atoms. The molecule has 1 amide bonds. The highest BCUT2D eigenvalue weighted by Gasteiger charge is 2.11. The predicted molar refractivity (Wildman–Crippen MR) is 80.5 cm³/mol. The maximum atomic E-state index is 11.5. The van der Waals surface area contributed by atoms with Gasteiger partial charge >= 0.3 is 0 Å². The molecule has 0 aromatic heterocycles. The van der Waals surface area contributed by atoms with Crippen molar-refractivity contribution < 1.29 is 14.3 Å². The molecule has 0 aliphatic rings. The lowest BCUT2D eigenvalue weighted by Gasteiger charge is -2.16. The van der Waals surface area contributed by atoms with E-state index in [9.17, 15) is 9.59 Å². The Morgan fingerprint density at radius 1 is 1.16 bits per heavy atom. The molecule has 4 nitrogen and oxygen atoms in total. The minimum Gasteiger partial charge on any atom is -0.378 e. The van der Waals surface area contributed by atoms with E-state index in [1.807, 2.05) is 27.7 Å². The topological polar surface area (TPSA) is 55.4 Å². The maximum absolute atomic E-state index is 11.5. The Bertz CT molecular complexity index is 282. The molecule has 0 aromatic carbocycles. The Labute approximate surface area is 124 Å². The summed E-state index contributed by atoms with van der Waals surface area (Å²) in [6, 6.07) is 0.106. The van der Waals surface area contributed by atoms with E-state index < -0.39 is 0 Å². The van der Waals surface area contributed by atoms with Crippen LogP contribution < -0.4 is 5.32 Å². The first-order chi connectivity index (χ1) is 8.86. The number of Topliss-reactive ketones (excluding diaryl/α,β-unsaturated/α-hetero) is 1. The van der Waals surface area contributed by atoms with Crippen LogP contribution in [0.1, 0.15) is 47.0 Å². The summed E-state index contributed by atoms with van der Waals surface area (Å²) >= 11 is 3.11. The average Bonchev–Trinajstić information content (AvgIpc) is 2.35. The van der Waals surface area contributed by atoms with Gasteiger partial charge in [-0.1, -0.05) is 29.8 Å². The lowest BCUT2D eigenvalue weighted by Crippen LogP contribution is -2.34. The molecule has 0 aromatic rings. The minimum atomic E-state index is -0.0110. The quantitative estimate of drug-likeness (QED) is 0.624. The van der Waals surface area contributed by atoms with Crippen LogP contribution in [0.3, 0.4) is 0 Å². The van der Waals surface area contributed by atoms with E-state index in [0.717, 1.165) is 12.8 Å². The molecule has 1 N–H and O–H groups in total. The van der Waals surface area contributed by atoms with Crippen LogP contribution in [-0.4, -0.2) is 35.8 Å². The van der Waals surface area contributed by atoms with E-state index in [1.54, 1.807) is 0 Å². The van der Waals surface area contributed by atoms with E-state index in [2.05, 4.69) is 21.2 Å². The highest BCUT2D eigenvalue weighted by molar-refractivity contribution is 9.09. The Kier molecular flexibility index (Phi) is 10.1. The summed E-state index contributed by atoms with van der Waals surface area (Å²) < 4.78 is 5.64. The van der Waals surface area contributed by atoms with Gasteiger partial charge < -0.3 is 10.1 Å². The lowest BCUT2D eigenvalue weighted by atomic mass is 10.0. The number of amides is 1. The molecule has 19 heavy (non-hydrogen) atoms. The number of nitrogens with one attached hydrogen (secondary N) is 1. The first-order valence-corrected chi connectivity index (χ1v) is 7.98. The largest absolute Gasteiger partial charge is 0.378 e. The lowest BCUT2D eigenvalue weighted by molar-refractivity contribution is -0.122. The van der Waals surface area contributed by atoms with Gasteiger partial charge in [0.25, 0.3) is 0 Å². The first kappa shape index (κ1) is 18.6. The SMILES string of the molecule is CC(CCOC(C)CCC(=O)C(C)C)NC(=O)CBr. The predicted octanol–water partition coefficient (Wildman–Crippen LogP) is 2.69. The first-order valence-electron chi connectivity index (χ1n) is 6.86. The zero-order valence-electron chi connectivity index (χ0n) is 12.4. The van der Waals surface area contributed by atoms with Crippen molar-refractivity contribution in [1.82, 2.24) is 5.32 Å². The van der Waals surface area contributed by atoms with Gasteiger partial charge in [0.2, 0.25) is 5.91 Å². The molecule has 0 saturated carbocycles. The van der Waals surface area contributed by atoms with Crippen molar-refractivity contribution >= 4 is 27.6 Å². The molecule has 5 heteroatoms. The van der Waals surface area contributed by atoms with Crippen LogP contribution in [0, 0.1) is 5.92 Å². The van der Waals surface area contributed by atoms with Gasteiger partial charge in [0.05, 0.1) is 11.4 Å². The van der Waals surface area contributed by atoms with Gasteiger partial charge in [0.1, 0.15) is 5.78 Å². The number of alkyl halides is 1. The van der Waals surface area contributed by atoms with Gasteiger partial charge in [0.15, 0.2) is 0 Å². The van der Waals surface area contributed by atoms with Crippen LogP contribution >= 0.6 is 15.9 Å². The number of carbonyl (C=O) groups excluding carboxylic acids is 2. The molecule has 0 saturated heterocycles. The molecule has 0 aliphatic heterocycles. The van der Waals surface area contributed by atoms with Gasteiger partial charge in [0, 0.05) is 25.0 Å². The van der Waals surface area contributed by atoms with Gasteiger partial charge in [-0.05, 0) is 26.7 Å². The molecular formula is C14H26BrNO3. The fraction of sp³-hybridized carbons (Fsp3) is 0.857. The summed E-state index contributed by atoms with van der Waals surface area (Å²) in [7, 11) is 0. The normalized spacial score (nSPS) is 14.2. The Morgan fingerprint density at radius 3 is 2.32 bits per heavy atom. The highest BCUT2D eigenvalue weighted by atomic mass is 79.9. The summed E-state index contributed by atoms with van der Waals surface area (Å²) in [5.74, 6) is 0.378. The fourth-order valence-electron chi connectivity index (χ4n) is 1.55. The van der Waals surface area contributed by atoms with Crippen LogP contribution in [-0.2, 0) is 14.3 Å². The van der Waals surface area contributed by atoms with Crippen LogP contribution in [0.2, 0.25) is 0 Å². The Hall–Kier alpha value is -0.420. The molecule has 0 fully saturated rings. The smallest absolute Gasteiger partial charge is 0.230 e. The zero-order chi connectivity index (χ0) is 14.8. The number of halogens is 1. The summed E-state index contributed by atoms with van der Waals surface area (Å²) in [5, 5.41) is 3.17. The molecular weight excluding hydrogens is 310 g/mol. The fourth-order valence-corrected chi connectivity index (χ4v) is 1.71. The summed E-state index contributed by atoms with van der Waals surface area (Å²) in [4.78, 5) is 22.6. The third-order valence-corrected chi connectivity index (χ3v) is 3.43. The third kappa shape index (κ3) is 10.1. The maximum Gasteiger partial charge on any atom is 0.230 e. The molecule has 0 radical (unpaired) electrons. The van der Waals surface area contributed by atoms with Crippen molar-refractivity contribution in [2.75, 3.05) is 11.9 Å². The molecule has 2 unspecified atom stereocenters. The standard InChI is InChI=1S/C14H26BrNO3/c1-10(2)13(17)6-5-12(4)19-8-7-11(3)16-14(18)9-15/h10-12H,5-9H2,1-4H3,(H,16,18). The summed E-state index contributed by atoms with van der Waals surface area (Å²) in [6.45, 7) is 8.37. The number of hydrogen-bond acceptors (Lipinski definition) is 3. The van der Waals surface area contributed by atoms with Gasteiger partial charge in [-0.15, -0.1) is 0 Å². The zero-order valence-corrected chi connectivity index (χ0v) is 14.0. The summed E-state index contributed by atoms with van der Waals surface area (Å²) in [5.41, 5.74) is 0. The van der Waals surface area contributed by atoms with Crippen molar-refractivity contribution in [2.24, 2.45) is 5.92 Å². The highest BCUT2D eigenvalue weighted by Crippen LogP contribution is 2.07. The second kappa shape index (κ2) is 10.4. The van der Waals surface area contributed by atoms with Crippen LogP contribution in [0.4, 0.5) is 0 Å². The van der Waals surface area contributed by atoms with Crippen LogP contribution in [0.25, 0.3) is 0 Å². The monoisotopic (exact) mass is 335 g/mol. The average molecular weight is 336 g/mol. The number of carbonyl (C=O) groups is 2. The van der Waals surface area contributed by atoms with Gasteiger partial charge in [-0.25, -0.2) is 0 Å². The Morgan fingerprint density at radius 2 is 1.79 bits per heavy atom. The molecule has 0 rings (SSSR count). The molecule has 112 valence electrons. The number of ether oxygens (including phenoxy) is 1. The minimum absolute atomic E-state index is 0.0110. The summed E-state index contributed by atoms with van der Waals surface area (Å²) in [6.07, 6.45) is 2.21. The van der Waals surface area contributed by atoms with E-state index in [-0.39, 0.29) is 29.8 Å². The molecule has 0 bridgehead atoms. The van der Waals surface area contributed by atoms with Gasteiger partial charge in [-0.2, -0.15) is 0 Å².